The van der Waals surface area contributed by atoms with Crippen LogP contribution < -0.4 is 0 Å². The van der Waals surface area contributed by atoms with Crippen molar-refractivity contribution in [2.75, 3.05) is 0 Å². The van der Waals surface area contributed by atoms with Crippen molar-refractivity contribution in [2.45, 2.75) is 12.2 Å². The summed E-state index contributed by atoms with van der Waals surface area (Å²) in [6, 6.07) is 0. The minimum atomic E-state index is -4.91. The highest BCUT2D eigenvalue weighted by Gasteiger charge is 2.30. The second-order valence-electron chi connectivity index (χ2n) is 2.01. The Bertz CT molecular complexity index is 292. The number of aliphatic carboxylic acids is 1. The summed E-state index contributed by atoms with van der Waals surface area (Å²) in [6.45, 7) is 3.02. The van der Waals surface area contributed by atoms with Crippen LogP contribution in [0.3, 0.4) is 0 Å². The minimum absolute atomic E-state index is 0.768. The van der Waals surface area contributed by atoms with E-state index in [0.29, 0.717) is 0 Å². The van der Waals surface area contributed by atoms with E-state index in [9.17, 15) is 13.2 Å². The summed E-state index contributed by atoms with van der Waals surface area (Å²) in [4.78, 5) is 10.3. The number of carboxylic acids is 1. The molecule has 13 heavy (non-hydrogen) atoms. The Balaban J connectivity index is 4.64. The van der Waals surface area contributed by atoms with Gasteiger partial charge in [0.05, 0.1) is 0 Å². The highest BCUT2D eigenvalue weighted by Crippen LogP contribution is 2.04. The Morgan fingerprint density at radius 3 is 2.23 bits per heavy atom. The van der Waals surface area contributed by atoms with Crippen molar-refractivity contribution in [1.29, 1.82) is 0 Å². The fourth-order valence-electron chi connectivity index (χ4n) is 0.499. The van der Waals surface area contributed by atoms with Crippen molar-refractivity contribution >= 4 is 16.4 Å². The van der Waals surface area contributed by atoms with Gasteiger partial charge in [0, 0.05) is 0 Å². The van der Waals surface area contributed by atoms with Crippen molar-refractivity contribution in [3.05, 3.63) is 12.7 Å². The Morgan fingerprint density at radius 2 is 2.00 bits per heavy atom. The molecule has 2 atom stereocenters. The molecule has 0 saturated carbocycles. The van der Waals surface area contributed by atoms with Gasteiger partial charge < -0.3 is 10.2 Å². The van der Waals surface area contributed by atoms with Gasteiger partial charge in [-0.3, -0.25) is 4.55 Å². The molecule has 0 saturated heterocycles. The number of carboxylic acid groups (broad SMARTS) is 1. The van der Waals surface area contributed by atoms with E-state index in [1.54, 1.807) is 0 Å². The second kappa shape index (κ2) is 4.33. The first kappa shape index (κ1) is 12.0. The quantitative estimate of drug-likeness (QED) is 0.386. The minimum Gasteiger partial charge on any atom is -0.479 e. The fraction of sp³-hybridized carbons (Fsp3) is 0.400. The van der Waals surface area contributed by atoms with Crippen molar-refractivity contribution in [1.82, 2.24) is 0 Å². The summed E-state index contributed by atoms with van der Waals surface area (Å²) < 4.78 is 32.0. The van der Waals surface area contributed by atoms with Gasteiger partial charge in [0.15, 0.2) is 0 Å². The van der Waals surface area contributed by atoms with Crippen LogP contribution in [0.4, 0.5) is 0 Å². The highest BCUT2D eigenvalue weighted by atomic mass is 32.3. The highest BCUT2D eigenvalue weighted by molar-refractivity contribution is 7.80. The van der Waals surface area contributed by atoms with E-state index in [1.165, 1.54) is 0 Å². The molecule has 76 valence electrons. The van der Waals surface area contributed by atoms with Crippen LogP contribution >= 0.6 is 0 Å². The van der Waals surface area contributed by atoms with Crippen LogP contribution in [0.25, 0.3) is 0 Å². The van der Waals surface area contributed by atoms with E-state index in [0.717, 1.165) is 6.08 Å². The molecule has 8 heteroatoms. The summed E-state index contributed by atoms with van der Waals surface area (Å²) in [5, 5.41) is 17.2. The zero-order chi connectivity index (χ0) is 10.6. The predicted molar refractivity (Wildman–Crippen MR) is 40.3 cm³/mol. The standard InChI is InChI=1S/C5H8O7S/c1-2-3(6)4(5(7)8)12-13(9,10)11/h2-4,6H,1H2,(H,7,8)(H,9,10,11). The average molecular weight is 212 g/mol. The van der Waals surface area contributed by atoms with Crippen LogP contribution in [0.15, 0.2) is 12.7 Å². The predicted octanol–water partition coefficient (Wildman–Crippen LogP) is -1.19. The molecular weight excluding hydrogens is 204 g/mol. The zero-order valence-corrected chi connectivity index (χ0v) is 7.14. The number of carbonyl (C=O) groups is 1. The molecular formula is C5H8O7S. The number of rotatable bonds is 5. The average Bonchev–Trinajstić information content (AvgIpc) is 1.96. The van der Waals surface area contributed by atoms with Crippen molar-refractivity contribution in [3.8, 4) is 0 Å². The maximum atomic E-state index is 10.3. The molecule has 0 aromatic rings. The molecule has 0 bridgehead atoms. The third-order valence-electron chi connectivity index (χ3n) is 1.02. The first-order valence-electron chi connectivity index (χ1n) is 2.97. The first-order valence-corrected chi connectivity index (χ1v) is 4.33. The molecule has 0 heterocycles. The molecule has 7 nitrogen and oxygen atoms in total. The third kappa shape index (κ3) is 4.58. The SMILES string of the molecule is C=CC(O)C(OS(=O)(=O)O)C(=O)O. The molecule has 0 aliphatic rings. The Hall–Kier alpha value is -0.960. The largest absolute Gasteiger partial charge is 0.479 e. The summed E-state index contributed by atoms with van der Waals surface area (Å²) in [5.74, 6) is -1.73. The molecule has 0 rings (SSSR count). The molecule has 0 aliphatic heterocycles. The van der Waals surface area contributed by atoms with Gasteiger partial charge in [-0.2, -0.15) is 8.42 Å². The number of hydrogen-bond acceptors (Lipinski definition) is 5. The van der Waals surface area contributed by atoms with Gasteiger partial charge in [0.2, 0.25) is 6.10 Å². The van der Waals surface area contributed by atoms with Crippen molar-refractivity contribution in [2.24, 2.45) is 0 Å². The van der Waals surface area contributed by atoms with Crippen molar-refractivity contribution in [3.63, 3.8) is 0 Å². The van der Waals surface area contributed by atoms with Crippen molar-refractivity contribution < 1.29 is 32.2 Å². The van der Waals surface area contributed by atoms with Gasteiger partial charge in [-0.1, -0.05) is 6.08 Å². The lowest BCUT2D eigenvalue weighted by molar-refractivity contribution is -0.149. The van der Waals surface area contributed by atoms with E-state index < -0.39 is 28.6 Å². The van der Waals surface area contributed by atoms with Crippen LogP contribution in [-0.4, -0.2) is 41.4 Å². The van der Waals surface area contributed by atoms with E-state index in [4.69, 9.17) is 14.8 Å². The Kier molecular flexibility index (Phi) is 4.01. The van der Waals surface area contributed by atoms with E-state index in [-0.39, 0.29) is 0 Å². The van der Waals surface area contributed by atoms with Gasteiger partial charge in [0.25, 0.3) is 0 Å². The van der Waals surface area contributed by atoms with E-state index >= 15 is 0 Å². The van der Waals surface area contributed by atoms with Gasteiger partial charge in [-0.25, -0.2) is 8.98 Å². The van der Waals surface area contributed by atoms with Gasteiger partial charge in [0.1, 0.15) is 6.10 Å². The number of aliphatic hydroxyl groups excluding tert-OH is 1. The number of aliphatic hydroxyl groups is 1. The first-order chi connectivity index (χ1) is 5.78. The molecule has 0 aromatic heterocycles. The van der Waals surface area contributed by atoms with Crippen LogP contribution in [0.1, 0.15) is 0 Å². The smallest absolute Gasteiger partial charge is 0.398 e. The zero-order valence-electron chi connectivity index (χ0n) is 6.32. The van der Waals surface area contributed by atoms with E-state index in [1.807, 2.05) is 0 Å². The van der Waals surface area contributed by atoms with Crippen LogP contribution in [0.2, 0.25) is 0 Å². The molecule has 0 aliphatic carbocycles. The topological polar surface area (TPSA) is 121 Å². The molecule has 3 N–H and O–H groups in total. The van der Waals surface area contributed by atoms with Gasteiger partial charge in [-0.15, -0.1) is 6.58 Å². The lowest BCUT2D eigenvalue weighted by Gasteiger charge is -2.13. The molecule has 0 fully saturated rings. The molecule has 0 amide bonds. The van der Waals surface area contributed by atoms with Crippen LogP contribution in [0.5, 0.6) is 0 Å². The summed E-state index contributed by atoms with van der Waals surface area (Å²) in [5.41, 5.74) is 0. The lowest BCUT2D eigenvalue weighted by atomic mass is 10.2. The summed E-state index contributed by atoms with van der Waals surface area (Å²) in [7, 11) is -4.91. The fourth-order valence-corrected chi connectivity index (χ4v) is 0.957. The van der Waals surface area contributed by atoms with Crippen LogP contribution in [-0.2, 0) is 19.4 Å². The lowest BCUT2D eigenvalue weighted by Crippen LogP contribution is -2.36. The maximum Gasteiger partial charge on any atom is 0.398 e. The summed E-state index contributed by atoms with van der Waals surface area (Å²) in [6.07, 6.45) is -3.05. The Labute approximate surface area is 74.2 Å². The second-order valence-corrected chi connectivity index (χ2v) is 3.06. The number of hydrogen-bond donors (Lipinski definition) is 3. The van der Waals surface area contributed by atoms with Gasteiger partial charge >= 0.3 is 16.4 Å². The maximum absolute atomic E-state index is 10.3. The normalized spacial score (nSPS) is 16.2. The Morgan fingerprint density at radius 1 is 1.54 bits per heavy atom. The third-order valence-corrected chi connectivity index (χ3v) is 1.47. The molecule has 0 spiro atoms. The summed E-state index contributed by atoms with van der Waals surface area (Å²) >= 11 is 0. The molecule has 0 aromatic carbocycles. The van der Waals surface area contributed by atoms with Crippen LogP contribution in [0, 0.1) is 0 Å². The monoisotopic (exact) mass is 212 g/mol. The van der Waals surface area contributed by atoms with E-state index in [2.05, 4.69) is 10.8 Å². The van der Waals surface area contributed by atoms with Gasteiger partial charge in [-0.05, 0) is 0 Å². The molecule has 2 unspecified atom stereocenters. The molecule has 0 radical (unpaired) electrons.